The van der Waals surface area contributed by atoms with Gasteiger partial charge in [-0.2, -0.15) is 0 Å². The zero-order valence-electron chi connectivity index (χ0n) is 15.2. The maximum atomic E-state index is 12.6. The van der Waals surface area contributed by atoms with Gasteiger partial charge in [-0.1, -0.05) is 23.7 Å². The highest BCUT2D eigenvalue weighted by molar-refractivity contribution is 7.92. The van der Waals surface area contributed by atoms with E-state index in [0.29, 0.717) is 10.7 Å². The summed E-state index contributed by atoms with van der Waals surface area (Å²) < 4.78 is 28.9. The lowest BCUT2D eigenvalue weighted by atomic mass is 10.2. The predicted octanol–water partition coefficient (Wildman–Crippen LogP) is 6.03. The number of fused-ring (bicyclic) bond motifs is 1. The summed E-state index contributed by atoms with van der Waals surface area (Å²) in [6, 6.07) is 18.1. The van der Waals surface area contributed by atoms with Crippen molar-refractivity contribution in [2.75, 3.05) is 4.72 Å². The first kappa shape index (κ1) is 18.9. The number of nitrogens with zero attached hydrogens (tertiary/aromatic N) is 1. The van der Waals surface area contributed by atoms with E-state index in [9.17, 15) is 8.42 Å². The Morgan fingerprint density at radius 2 is 1.71 bits per heavy atom. The summed E-state index contributed by atoms with van der Waals surface area (Å²) in [5.41, 5.74) is 4.42. The molecule has 0 atom stereocenters. The Balaban J connectivity index is 1.59. The number of hydrogen-bond donors (Lipinski definition) is 1. The molecule has 4 aromatic rings. The van der Waals surface area contributed by atoms with E-state index in [1.165, 1.54) is 11.6 Å². The van der Waals surface area contributed by atoms with Crippen LogP contribution in [0.2, 0.25) is 5.02 Å². The fourth-order valence-corrected chi connectivity index (χ4v) is 5.19. The molecule has 0 fully saturated rings. The molecule has 1 aromatic heterocycles. The number of hydrogen-bond acceptors (Lipinski definition) is 4. The molecule has 1 heterocycles. The smallest absolute Gasteiger partial charge is 0.261 e. The van der Waals surface area contributed by atoms with Gasteiger partial charge in [-0.3, -0.25) is 4.72 Å². The summed E-state index contributed by atoms with van der Waals surface area (Å²) >= 11 is 7.68. The topological polar surface area (TPSA) is 59.1 Å². The van der Waals surface area contributed by atoms with Gasteiger partial charge in [0.2, 0.25) is 0 Å². The molecular weight excluding hydrogens is 412 g/mol. The highest BCUT2D eigenvalue weighted by Gasteiger charge is 2.15. The Morgan fingerprint density at radius 3 is 2.43 bits per heavy atom. The van der Waals surface area contributed by atoms with Gasteiger partial charge >= 0.3 is 0 Å². The fraction of sp³-hybridized carbons (Fsp3) is 0.0952. The number of anilines is 1. The van der Waals surface area contributed by atoms with Crippen molar-refractivity contribution in [1.82, 2.24) is 4.98 Å². The van der Waals surface area contributed by atoms with Crippen molar-refractivity contribution >= 4 is 48.9 Å². The third-order valence-electron chi connectivity index (χ3n) is 4.38. The van der Waals surface area contributed by atoms with E-state index in [2.05, 4.69) is 22.7 Å². The van der Waals surface area contributed by atoms with Crippen LogP contribution < -0.4 is 4.72 Å². The zero-order chi connectivity index (χ0) is 19.9. The van der Waals surface area contributed by atoms with Crippen LogP contribution in [-0.2, 0) is 10.0 Å². The molecule has 4 nitrogen and oxygen atoms in total. The van der Waals surface area contributed by atoms with Crippen LogP contribution >= 0.6 is 22.9 Å². The monoisotopic (exact) mass is 428 g/mol. The zero-order valence-corrected chi connectivity index (χ0v) is 17.6. The van der Waals surface area contributed by atoms with Gasteiger partial charge < -0.3 is 0 Å². The number of benzene rings is 3. The Bertz CT molecular complexity index is 1280. The number of halogens is 1. The van der Waals surface area contributed by atoms with Crippen molar-refractivity contribution in [2.45, 2.75) is 18.7 Å². The van der Waals surface area contributed by atoms with E-state index < -0.39 is 10.0 Å². The van der Waals surface area contributed by atoms with E-state index in [0.717, 1.165) is 26.4 Å². The largest absolute Gasteiger partial charge is 0.280 e. The van der Waals surface area contributed by atoms with Crippen LogP contribution in [0.4, 0.5) is 5.69 Å². The molecule has 0 unspecified atom stereocenters. The van der Waals surface area contributed by atoms with Crippen molar-refractivity contribution in [1.29, 1.82) is 0 Å². The standard InChI is InChI=1S/C21H17ClN2O2S2/c1-13-3-10-19-20(11-13)27-21(23-19)15-5-7-16(8-6-15)24-28(25,26)17-9-4-14(2)18(22)12-17/h3-12,24H,1-2H3. The third-order valence-corrected chi connectivity index (χ3v) is 7.24. The molecule has 0 saturated heterocycles. The lowest BCUT2D eigenvalue weighted by molar-refractivity contribution is 0.601. The van der Waals surface area contributed by atoms with Crippen LogP contribution in [0, 0.1) is 13.8 Å². The van der Waals surface area contributed by atoms with Crippen molar-refractivity contribution in [3.63, 3.8) is 0 Å². The second-order valence-corrected chi connectivity index (χ2v) is 9.70. The minimum absolute atomic E-state index is 0.133. The van der Waals surface area contributed by atoms with E-state index in [1.807, 2.05) is 31.2 Å². The number of nitrogens with one attached hydrogen (secondary N) is 1. The molecule has 0 aliphatic carbocycles. The average Bonchev–Trinajstić information content (AvgIpc) is 3.07. The Hall–Kier alpha value is -2.41. The molecule has 4 rings (SSSR count). The second kappa shape index (κ2) is 7.20. The first-order valence-electron chi connectivity index (χ1n) is 8.58. The summed E-state index contributed by atoms with van der Waals surface area (Å²) in [4.78, 5) is 4.79. The SMILES string of the molecule is Cc1ccc2nc(-c3ccc(NS(=O)(=O)c4ccc(C)c(Cl)c4)cc3)sc2c1. The maximum Gasteiger partial charge on any atom is 0.261 e. The first-order chi connectivity index (χ1) is 13.3. The Labute approximate surface area is 172 Å². The molecule has 0 radical (unpaired) electrons. The van der Waals surface area contributed by atoms with E-state index >= 15 is 0 Å². The van der Waals surface area contributed by atoms with Crippen molar-refractivity contribution in [2.24, 2.45) is 0 Å². The molecule has 142 valence electrons. The number of aromatic nitrogens is 1. The van der Waals surface area contributed by atoms with Crippen molar-refractivity contribution in [3.8, 4) is 10.6 Å². The summed E-state index contributed by atoms with van der Waals surface area (Å²) in [6.45, 7) is 3.88. The predicted molar refractivity (Wildman–Crippen MR) is 117 cm³/mol. The van der Waals surface area contributed by atoms with Crippen LogP contribution in [0.5, 0.6) is 0 Å². The normalized spacial score (nSPS) is 11.7. The van der Waals surface area contributed by atoms with Gasteiger partial charge in [-0.05, 0) is 73.5 Å². The lowest BCUT2D eigenvalue weighted by Gasteiger charge is -2.09. The molecular formula is C21H17ClN2O2S2. The molecule has 0 amide bonds. The second-order valence-electron chi connectivity index (χ2n) is 6.58. The highest BCUT2D eigenvalue weighted by atomic mass is 35.5. The molecule has 0 spiro atoms. The Kier molecular flexibility index (Phi) is 4.87. The van der Waals surface area contributed by atoms with Crippen molar-refractivity contribution < 1.29 is 8.42 Å². The van der Waals surface area contributed by atoms with Crippen molar-refractivity contribution in [3.05, 3.63) is 76.8 Å². The van der Waals surface area contributed by atoms with Crippen LogP contribution in [0.1, 0.15) is 11.1 Å². The number of aryl methyl sites for hydroxylation is 2. The number of rotatable bonds is 4. The Morgan fingerprint density at radius 1 is 0.964 bits per heavy atom. The van der Waals surface area contributed by atoms with Gasteiger partial charge in [0, 0.05) is 16.3 Å². The molecule has 0 aliphatic rings. The van der Waals surface area contributed by atoms with E-state index in [4.69, 9.17) is 11.6 Å². The average molecular weight is 429 g/mol. The van der Waals surface area contributed by atoms with E-state index in [-0.39, 0.29) is 4.90 Å². The number of thiazole rings is 1. The summed E-state index contributed by atoms with van der Waals surface area (Å²) in [5, 5.41) is 1.32. The van der Waals surface area contributed by atoms with E-state index in [1.54, 1.807) is 35.6 Å². The van der Waals surface area contributed by atoms with Gasteiger partial charge in [-0.15, -0.1) is 11.3 Å². The molecule has 3 aromatic carbocycles. The summed E-state index contributed by atoms with van der Waals surface area (Å²) in [7, 11) is -3.70. The molecule has 0 saturated carbocycles. The van der Waals surface area contributed by atoms with Crippen LogP contribution in [-0.4, -0.2) is 13.4 Å². The first-order valence-corrected chi connectivity index (χ1v) is 11.3. The molecule has 7 heteroatoms. The molecule has 0 aliphatic heterocycles. The lowest BCUT2D eigenvalue weighted by Crippen LogP contribution is -2.12. The van der Waals surface area contributed by atoms with Gasteiger partial charge in [-0.25, -0.2) is 13.4 Å². The highest BCUT2D eigenvalue weighted by Crippen LogP contribution is 2.31. The third kappa shape index (κ3) is 3.76. The minimum Gasteiger partial charge on any atom is -0.280 e. The fourth-order valence-electron chi connectivity index (χ4n) is 2.79. The van der Waals surface area contributed by atoms with Gasteiger partial charge in [0.25, 0.3) is 10.0 Å². The van der Waals surface area contributed by atoms with Gasteiger partial charge in [0.1, 0.15) is 5.01 Å². The quantitative estimate of drug-likeness (QED) is 0.431. The van der Waals surface area contributed by atoms with Gasteiger partial charge in [0.05, 0.1) is 15.1 Å². The summed E-state index contributed by atoms with van der Waals surface area (Å²) in [5.74, 6) is 0. The number of sulfonamides is 1. The van der Waals surface area contributed by atoms with Crippen LogP contribution in [0.3, 0.4) is 0 Å². The van der Waals surface area contributed by atoms with Crippen LogP contribution in [0.15, 0.2) is 65.6 Å². The van der Waals surface area contributed by atoms with Gasteiger partial charge in [0.15, 0.2) is 0 Å². The van der Waals surface area contributed by atoms with Crippen LogP contribution in [0.25, 0.3) is 20.8 Å². The minimum atomic E-state index is -3.70. The molecule has 28 heavy (non-hydrogen) atoms. The molecule has 0 bridgehead atoms. The summed E-state index contributed by atoms with van der Waals surface area (Å²) in [6.07, 6.45) is 0. The molecule has 1 N–H and O–H groups in total. The maximum absolute atomic E-state index is 12.6.